The molecule has 2 rings (SSSR count). The summed E-state index contributed by atoms with van der Waals surface area (Å²) in [6.07, 6.45) is 8.20. The summed E-state index contributed by atoms with van der Waals surface area (Å²) in [5.74, 6) is -1.34. The molecule has 0 unspecified atom stereocenters. The Labute approximate surface area is 111 Å². The minimum absolute atomic E-state index is 0.121. The van der Waals surface area contributed by atoms with Gasteiger partial charge in [0.05, 0.1) is 18.7 Å². The molecule has 1 heterocycles. The van der Waals surface area contributed by atoms with Crippen molar-refractivity contribution in [2.75, 3.05) is 0 Å². The quantitative estimate of drug-likeness (QED) is 0.775. The second kappa shape index (κ2) is 5.69. The van der Waals surface area contributed by atoms with Crippen molar-refractivity contribution in [2.45, 2.75) is 25.3 Å². The van der Waals surface area contributed by atoms with Crippen molar-refractivity contribution in [1.82, 2.24) is 14.9 Å². The molecule has 0 saturated heterocycles. The summed E-state index contributed by atoms with van der Waals surface area (Å²) in [4.78, 5) is 26.8. The van der Waals surface area contributed by atoms with Crippen molar-refractivity contribution in [3.8, 4) is 0 Å². The molecule has 0 aliphatic heterocycles. The van der Waals surface area contributed by atoms with Gasteiger partial charge >= 0.3 is 5.97 Å². The van der Waals surface area contributed by atoms with Crippen LogP contribution in [0.15, 0.2) is 24.7 Å². The molecule has 1 aromatic rings. The first-order chi connectivity index (χ1) is 9.06. The number of carbonyl (C=O) groups is 2. The third kappa shape index (κ3) is 3.43. The number of allylic oxidation sites excluding steroid dienone is 1. The smallest absolute Gasteiger partial charge is 0.306 e. The Kier molecular flexibility index (Phi) is 3.99. The zero-order valence-corrected chi connectivity index (χ0v) is 10.7. The molecular formula is C13H17N3O3. The predicted octanol–water partition coefficient (Wildman–Crippen LogP) is 0.498. The number of aromatic nitrogens is 2. The van der Waals surface area contributed by atoms with Crippen LogP contribution in [-0.2, 0) is 23.1 Å². The lowest BCUT2D eigenvalue weighted by atomic mass is 9.91. The van der Waals surface area contributed by atoms with E-state index in [2.05, 4.69) is 10.3 Å². The molecule has 6 nitrogen and oxygen atoms in total. The van der Waals surface area contributed by atoms with E-state index in [1.807, 2.05) is 19.2 Å². The zero-order valence-electron chi connectivity index (χ0n) is 10.7. The molecule has 1 aliphatic carbocycles. The molecule has 6 heteroatoms. The standard InChI is InChI=1S/C13H17N3O3/c1-16-8-14-7-11(16)6-12(17)15-10-4-2-3-9(5-10)13(18)19/h2,4,7-10H,3,5-6H2,1H3,(H,15,17)(H,18,19)/t9-,10-/m0/s1. The van der Waals surface area contributed by atoms with Crippen LogP contribution in [0.25, 0.3) is 0 Å². The minimum Gasteiger partial charge on any atom is -0.481 e. The Balaban J connectivity index is 1.89. The van der Waals surface area contributed by atoms with E-state index in [0.29, 0.717) is 12.8 Å². The summed E-state index contributed by atoms with van der Waals surface area (Å²) in [6, 6.07) is -0.199. The lowest BCUT2D eigenvalue weighted by molar-refractivity contribution is -0.142. The molecule has 0 bridgehead atoms. The first kappa shape index (κ1) is 13.3. The number of carbonyl (C=O) groups excluding carboxylic acids is 1. The highest BCUT2D eigenvalue weighted by Crippen LogP contribution is 2.18. The molecule has 2 atom stereocenters. The highest BCUT2D eigenvalue weighted by molar-refractivity contribution is 5.79. The molecular weight excluding hydrogens is 246 g/mol. The van der Waals surface area contributed by atoms with Crippen LogP contribution >= 0.6 is 0 Å². The third-order valence-electron chi connectivity index (χ3n) is 3.28. The van der Waals surface area contributed by atoms with Gasteiger partial charge < -0.3 is 15.0 Å². The van der Waals surface area contributed by atoms with E-state index in [-0.39, 0.29) is 18.4 Å². The number of imidazole rings is 1. The molecule has 0 spiro atoms. The van der Waals surface area contributed by atoms with Crippen molar-refractivity contribution < 1.29 is 14.7 Å². The van der Waals surface area contributed by atoms with E-state index in [9.17, 15) is 9.59 Å². The van der Waals surface area contributed by atoms with Crippen LogP contribution in [0, 0.1) is 5.92 Å². The van der Waals surface area contributed by atoms with Gasteiger partial charge in [0.15, 0.2) is 0 Å². The summed E-state index contributed by atoms with van der Waals surface area (Å²) in [7, 11) is 1.83. The number of aryl methyl sites for hydroxylation is 1. The van der Waals surface area contributed by atoms with Crippen LogP contribution in [0.2, 0.25) is 0 Å². The maximum Gasteiger partial charge on any atom is 0.306 e. The van der Waals surface area contributed by atoms with E-state index in [1.165, 1.54) is 0 Å². The largest absolute Gasteiger partial charge is 0.481 e. The molecule has 0 aromatic carbocycles. The Bertz CT molecular complexity index is 507. The number of nitrogens with one attached hydrogen (secondary N) is 1. The molecule has 19 heavy (non-hydrogen) atoms. The van der Waals surface area contributed by atoms with Gasteiger partial charge in [-0.25, -0.2) is 4.98 Å². The average molecular weight is 263 g/mol. The van der Waals surface area contributed by atoms with Crippen molar-refractivity contribution in [3.63, 3.8) is 0 Å². The fourth-order valence-electron chi connectivity index (χ4n) is 2.17. The predicted molar refractivity (Wildman–Crippen MR) is 68.3 cm³/mol. The molecule has 0 radical (unpaired) electrons. The Morgan fingerprint density at radius 2 is 2.37 bits per heavy atom. The molecule has 1 aliphatic rings. The number of carboxylic acid groups (broad SMARTS) is 1. The van der Waals surface area contributed by atoms with Crippen LogP contribution in [-0.4, -0.2) is 32.6 Å². The van der Waals surface area contributed by atoms with Gasteiger partial charge in [-0.1, -0.05) is 12.2 Å². The number of hydrogen-bond acceptors (Lipinski definition) is 3. The molecule has 0 fully saturated rings. The SMILES string of the molecule is Cn1cncc1CC(=O)N[C@H]1C=CC[C@H](C(=O)O)C1. The average Bonchev–Trinajstić information content (AvgIpc) is 2.75. The monoisotopic (exact) mass is 263 g/mol. The van der Waals surface area contributed by atoms with Gasteiger partial charge in [0.2, 0.25) is 5.91 Å². The van der Waals surface area contributed by atoms with Gasteiger partial charge in [0, 0.05) is 25.0 Å². The second-order valence-electron chi connectivity index (χ2n) is 4.78. The summed E-state index contributed by atoms with van der Waals surface area (Å²) >= 11 is 0. The summed E-state index contributed by atoms with van der Waals surface area (Å²) in [6.45, 7) is 0. The number of amides is 1. The summed E-state index contributed by atoms with van der Waals surface area (Å²) < 4.78 is 1.79. The minimum atomic E-state index is -0.810. The first-order valence-corrected chi connectivity index (χ1v) is 6.20. The number of hydrogen-bond donors (Lipinski definition) is 2. The number of rotatable bonds is 4. The highest BCUT2D eigenvalue weighted by Gasteiger charge is 2.24. The maximum absolute atomic E-state index is 11.9. The molecule has 102 valence electrons. The Morgan fingerprint density at radius 3 is 3.00 bits per heavy atom. The van der Waals surface area contributed by atoms with Gasteiger partial charge in [-0.2, -0.15) is 0 Å². The van der Waals surface area contributed by atoms with Gasteiger partial charge in [0.25, 0.3) is 0 Å². The van der Waals surface area contributed by atoms with Crippen LogP contribution in [0.1, 0.15) is 18.5 Å². The number of carboxylic acids is 1. The number of nitrogens with zero attached hydrogens (tertiary/aromatic N) is 2. The van der Waals surface area contributed by atoms with Crippen LogP contribution in [0.4, 0.5) is 0 Å². The van der Waals surface area contributed by atoms with Crippen LogP contribution in [0.3, 0.4) is 0 Å². The fourth-order valence-corrected chi connectivity index (χ4v) is 2.17. The molecule has 1 amide bonds. The topological polar surface area (TPSA) is 84.2 Å². The fraction of sp³-hybridized carbons (Fsp3) is 0.462. The summed E-state index contributed by atoms with van der Waals surface area (Å²) in [5, 5.41) is 11.8. The van der Waals surface area contributed by atoms with Crippen molar-refractivity contribution in [1.29, 1.82) is 0 Å². The van der Waals surface area contributed by atoms with Crippen molar-refractivity contribution >= 4 is 11.9 Å². The Hall–Kier alpha value is -2.11. The Morgan fingerprint density at radius 1 is 1.58 bits per heavy atom. The zero-order chi connectivity index (χ0) is 13.8. The normalized spacial score (nSPS) is 22.2. The van der Waals surface area contributed by atoms with E-state index < -0.39 is 11.9 Å². The molecule has 1 aromatic heterocycles. The van der Waals surface area contributed by atoms with E-state index in [0.717, 1.165) is 5.69 Å². The van der Waals surface area contributed by atoms with E-state index in [1.54, 1.807) is 17.1 Å². The number of aliphatic carboxylic acids is 1. The summed E-state index contributed by atoms with van der Waals surface area (Å²) in [5.41, 5.74) is 0.826. The second-order valence-corrected chi connectivity index (χ2v) is 4.78. The van der Waals surface area contributed by atoms with Gasteiger partial charge in [0.1, 0.15) is 0 Å². The highest BCUT2D eigenvalue weighted by atomic mass is 16.4. The van der Waals surface area contributed by atoms with Gasteiger partial charge in [-0.15, -0.1) is 0 Å². The molecule has 2 N–H and O–H groups in total. The van der Waals surface area contributed by atoms with Gasteiger partial charge in [-0.3, -0.25) is 9.59 Å². The lowest BCUT2D eigenvalue weighted by Crippen LogP contribution is -2.38. The van der Waals surface area contributed by atoms with Crippen molar-refractivity contribution in [2.24, 2.45) is 13.0 Å². The van der Waals surface area contributed by atoms with E-state index in [4.69, 9.17) is 5.11 Å². The lowest BCUT2D eigenvalue weighted by Gasteiger charge is -2.22. The van der Waals surface area contributed by atoms with Crippen LogP contribution in [0.5, 0.6) is 0 Å². The molecule has 0 saturated carbocycles. The van der Waals surface area contributed by atoms with Crippen LogP contribution < -0.4 is 5.32 Å². The van der Waals surface area contributed by atoms with Crippen molar-refractivity contribution in [3.05, 3.63) is 30.4 Å². The maximum atomic E-state index is 11.9. The van der Waals surface area contributed by atoms with E-state index >= 15 is 0 Å². The first-order valence-electron chi connectivity index (χ1n) is 6.20. The van der Waals surface area contributed by atoms with Gasteiger partial charge in [-0.05, 0) is 12.8 Å². The third-order valence-corrected chi connectivity index (χ3v) is 3.28.